The number of carboxylic acid groups (broad SMARTS) is 1. The van der Waals surface area contributed by atoms with Crippen LogP contribution in [-0.2, 0) is 14.3 Å². The van der Waals surface area contributed by atoms with Crippen LogP contribution in [0.2, 0.25) is 0 Å². The van der Waals surface area contributed by atoms with Gasteiger partial charge in [-0.1, -0.05) is 12.2 Å². The smallest absolute Gasteiger partial charge is 0.310 e. The van der Waals surface area contributed by atoms with E-state index in [0.29, 0.717) is 5.57 Å². The molecule has 1 N–H and O–H groups in total. The highest BCUT2D eigenvalue weighted by atomic mass is 16.5. The zero-order chi connectivity index (χ0) is 10.4. The molecule has 0 aliphatic heterocycles. The molecule has 0 saturated heterocycles. The van der Waals surface area contributed by atoms with Gasteiger partial charge in [0.05, 0.1) is 13.0 Å². The molecule has 0 radical (unpaired) electrons. The molecule has 0 aliphatic carbocycles. The zero-order valence-corrected chi connectivity index (χ0v) is 7.87. The average molecular weight is 186 g/mol. The second kappa shape index (κ2) is 5.35. The second-order valence-electron chi connectivity index (χ2n) is 2.85. The van der Waals surface area contributed by atoms with Crippen molar-refractivity contribution in [1.82, 2.24) is 0 Å². The number of aliphatic carboxylic acids is 1. The Bertz CT molecular complexity index is 206. The van der Waals surface area contributed by atoms with Crippen LogP contribution in [0.15, 0.2) is 12.2 Å². The van der Waals surface area contributed by atoms with Crippen LogP contribution in [0.4, 0.5) is 0 Å². The first-order valence-electron chi connectivity index (χ1n) is 3.94. The van der Waals surface area contributed by atoms with Gasteiger partial charge in [-0.05, 0) is 13.3 Å². The molecule has 0 amide bonds. The highest BCUT2D eigenvalue weighted by molar-refractivity contribution is 5.75. The summed E-state index contributed by atoms with van der Waals surface area (Å²) in [5.41, 5.74) is 0.552. The van der Waals surface area contributed by atoms with Gasteiger partial charge in [-0.3, -0.25) is 9.59 Å². The van der Waals surface area contributed by atoms with E-state index in [0.717, 1.165) is 0 Å². The van der Waals surface area contributed by atoms with Gasteiger partial charge < -0.3 is 9.84 Å². The minimum atomic E-state index is -0.948. The van der Waals surface area contributed by atoms with Gasteiger partial charge in [0.1, 0.15) is 0 Å². The molecule has 0 spiro atoms. The van der Waals surface area contributed by atoms with Gasteiger partial charge in [-0.15, -0.1) is 0 Å². The van der Waals surface area contributed by atoms with E-state index in [1.807, 2.05) is 0 Å². The molecule has 0 rings (SSSR count). The first kappa shape index (κ1) is 11.7. The molecular weight excluding hydrogens is 172 g/mol. The Morgan fingerprint density at radius 2 is 2.08 bits per heavy atom. The Balaban J connectivity index is 4.05. The van der Waals surface area contributed by atoms with Crippen LogP contribution in [0.25, 0.3) is 0 Å². The van der Waals surface area contributed by atoms with Gasteiger partial charge in [0.15, 0.2) is 0 Å². The van der Waals surface area contributed by atoms with Crippen molar-refractivity contribution in [3.8, 4) is 0 Å². The summed E-state index contributed by atoms with van der Waals surface area (Å²) in [5.74, 6) is -2.00. The van der Waals surface area contributed by atoms with E-state index >= 15 is 0 Å². The molecular formula is C9H14O4. The predicted molar refractivity (Wildman–Crippen MR) is 47.2 cm³/mol. The topological polar surface area (TPSA) is 63.6 Å². The van der Waals surface area contributed by atoms with Crippen molar-refractivity contribution >= 4 is 11.9 Å². The number of methoxy groups -OCH3 is 1. The summed E-state index contributed by atoms with van der Waals surface area (Å²) in [5, 5.41) is 8.72. The van der Waals surface area contributed by atoms with Crippen LogP contribution in [-0.4, -0.2) is 24.2 Å². The Labute approximate surface area is 77.2 Å². The van der Waals surface area contributed by atoms with Crippen molar-refractivity contribution in [3.63, 3.8) is 0 Å². The Kier molecular flexibility index (Phi) is 4.80. The third-order valence-corrected chi connectivity index (χ3v) is 1.76. The van der Waals surface area contributed by atoms with Gasteiger partial charge in [0.2, 0.25) is 0 Å². The van der Waals surface area contributed by atoms with Crippen molar-refractivity contribution in [2.45, 2.75) is 19.8 Å². The number of rotatable bonds is 5. The van der Waals surface area contributed by atoms with Gasteiger partial charge in [0, 0.05) is 6.42 Å². The highest BCUT2D eigenvalue weighted by Gasteiger charge is 2.19. The van der Waals surface area contributed by atoms with Crippen LogP contribution >= 0.6 is 0 Å². The predicted octanol–water partition coefficient (Wildman–Crippen LogP) is 1.22. The molecule has 0 fully saturated rings. The summed E-state index contributed by atoms with van der Waals surface area (Å²) in [4.78, 5) is 21.3. The Morgan fingerprint density at radius 3 is 2.38 bits per heavy atom. The van der Waals surface area contributed by atoms with E-state index in [1.165, 1.54) is 7.11 Å². The monoisotopic (exact) mass is 186 g/mol. The van der Waals surface area contributed by atoms with Crippen LogP contribution in [0, 0.1) is 5.92 Å². The lowest BCUT2D eigenvalue weighted by Crippen LogP contribution is -2.16. The lowest BCUT2D eigenvalue weighted by atomic mass is 9.97. The van der Waals surface area contributed by atoms with Crippen LogP contribution in [0.5, 0.6) is 0 Å². The fraction of sp³-hybridized carbons (Fsp3) is 0.556. The lowest BCUT2D eigenvalue weighted by Gasteiger charge is -2.10. The number of esters is 1. The third kappa shape index (κ3) is 4.30. The molecule has 0 aromatic rings. The molecule has 0 aromatic carbocycles. The third-order valence-electron chi connectivity index (χ3n) is 1.76. The lowest BCUT2D eigenvalue weighted by molar-refractivity contribution is -0.142. The van der Waals surface area contributed by atoms with Crippen LogP contribution in [0.1, 0.15) is 19.8 Å². The Morgan fingerprint density at radius 1 is 1.54 bits per heavy atom. The number of ether oxygens (including phenoxy) is 1. The van der Waals surface area contributed by atoms with E-state index in [2.05, 4.69) is 11.3 Å². The minimum Gasteiger partial charge on any atom is -0.481 e. The molecule has 0 aliphatic rings. The largest absolute Gasteiger partial charge is 0.481 e. The summed E-state index contributed by atoms with van der Waals surface area (Å²) in [7, 11) is 1.28. The van der Waals surface area contributed by atoms with Crippen molar-refractivity contribution in [3.05, 3.63) is 12.2 Å². The molecule has 1 unspecified atom stereocenters. The van der Waals surface area contributed by atoms with Crippen molar-refractivity contribution in [2.24, 2.45) is 5.92 Å². The van der Waals surface area contributed by atoms with Gasteiger partial charge in [0.25, 0.3) is 0 Å². The number of hydrogen-bond donors (Lipinski definition) is 1. The summed E-state index contributed by atoms with van der Waals surface area (Å²) >= 11 is 0. The molecule has 4 nitrogen and oxygen atoms in total. The Hall–Kier alpha value is -1.32. The summed E-state index contributed by atoms with van der Waals surface area (Å²) in [6, 6.07) is 0. The number of carbonyl (C=O) groups is 2. The van der Waals surface area contributed by atoms with Crippen molar-refractivity contribution in [2.75, 3.05) is 7.11 Å². The van der Waals surface area contributed by atoms with E-state index < -0.39 is 17.9 Å². The molecule has 13 heavy (non-hydrogen) atoms. The molecule has 0 saturated carbocycles. The second-order valence-corrected chi connectivity index (χ2v) is 2.85. The maximum atomic E-state index is 10.7. The number of hydrogen-bond acceptors (Lipinski definition) is 3. The normalized spacial score (nSPS) is 11.8. The molecule has 0 bridgehead atoms. The molecule has 4 heteroatoms. The van der Waals surface area contributed by atoms with E-state index in [-0.39, 0.29) is 12.8 Å². The van der Waals surface area contributed by atoms with Crippen LogP contribution < -0.4 is 0 Å². The SMILES string of the molecule is C=C(C)C(CCC(=O)OC)C(=O)O. The maximum Gasteiger partial charge on any atom is 0.310 e. The fourth-order valence-corrected chi connectivity index (χ4v) is 0.945. The van der Waals surface area contributed by atoms with E-state index in [9.17, 15) is 9.59 Å². The summed E-state index contributed by atoms with van der Waals surface area (Å²) in [6.45, 7) is 5.18. The van der Waals surface area contributed by atoms with Gasteiger partial charge in [-0.2, -0.15) is 0 Å². The standard InChI is InChI=1S/C9H14O4/c1-6(2)7(9(11)12)4-5-8(10)13-3/h7H,1,4-5H2,2-3H3,(H,11,12). The summed E-state index contributed by atoms with van der Waals surface area (Å²) < 4.78 is 4.40. The quantitative estimate of drug-likeness (QED) is 0.518. The maximum absolute atomic E-state index is 10.7. The first-order chi connectivity index (χ1) is 5.99. The van der Waals surface area contributed by atoms with Crippen molar-refractivity contribution < 1.29 is 19.4 Å². The molecule has 1 atom stereocenters. The molecule has 0 heterocycles. The number of carbonyl (C=O) groups excluding carboxylic acids is 1. The zero-order valence-electron chi connectivity index (χ0n) is 7.87. The van der Waals surface area contributed by atoms with E-state index in [1.54, 1.807) is 6.92 Å². The van der Waals surface area contributed by atoms with Crippen molar-refractivity contribution in [1.29, 1.82) is 0 Å². The highest BCUT2D eigenvalue weighted by Crippen LogP contribution is 2.15. The average Bonchev–Trinajstić information content (AvgIpc) is 2.03. The van der Waals surface area contributed by atoms with Gasteiger partial charge >= 0.3 is 11.9 Å². The minimum absolute atomic E-state index is 0.111. The molecule has 0 aromatic heterocycles. The number of carboxylic acids is 1. The summed E-state index contributed by atoms with van der Waals surface area (Å²) in [6.07, 6.45) is 0.359. The van der Waals surface area contributed by atoms with E-state index in [4.69, 9.17) is 5.11 Å². The first-order valence-corrected chi connectivity index (χ1v) is 3.94. The van der Waals surface area contributed by atoms with Crippen LogP contribution in [0.3, 0.4) is 0 Å². The fourth-order valence-electron chi connectivity index (χ4n) is 0.945. The van der Waals surface area contributed by atoms with Gasteiger partial charge in [-0.25, -0.2) is 0 Å². The molecule has 74 valence electrons.